The molecular weight excluding hydrogens is 276 g/mol. The van der Waals surface area contributed by atoms with Crippen LogP contribution in [-0.4, -0.2) is 11.2 Å². The number of hydrogen-bond acceptors (Lipinski definition) is 1. The van der Waals surface area contributed by atoms with Gasteiger partial charge in [-0.2, -0.15) is 0 Å². The summed E-state index contributed by atoms with van der Waals surface area (Å²) in [5, 5.41) is 8.16. The maximum Gasteiger partial charge on any atom is 0.171 e. The largest absolute Gasteiger partial charge is 0.359 e. The second kappa shape index (κ2) is 6.58. The lowest BCUT2D eigenvalue weighted by Gasteiger charge is -2.30. The van der Waals surface area contributed by atoms with Gasteiger partial charge in [-0.05, 0) is 55.6 Å². The van der Waals surface area contributed by atoms with Gasteiger partial charge < -0.3 is 10.6 Å². The lowest BCUT2D eigenvalue weighted by Crippen LogP contribution is -2.43. The van der Waals surface area contributed by atoms with E-state index in [0.717, 1.165) is 16.3 Å². The van der Waals surface area contributed by atoms with E-state index in [1.54, 1.807) is 0 Å². The van der Waals surface area contributed by atoms with Crippen LogP contribution in [0.15, 0.2) is 18.2 Å². The van der Waals surface area contributed by atoms with Crippen LogP contribution in [0.5, 0.6) is 0 Å². The van der Waals surface area contributed by atoms with Gasteiger partial charge in [0.1, 0.15) is 0 Å². The summed E-state index contributed by atoms with van der Waals surface area (Å²) in [4.78, 5) is 0. The molecule has 0 heterocycles. The number of nitrogens with one attached hydrogen (secondary N) is 2. The molecule has 0 unspecified atom stereocenters. The van der Waals surface area contributed by atoms with Crippen molar-refractivity contribution in [3.8, 4) is 0 Å². The van der Waals surface area contributed by atoms with E-state index in [2.05, 4.69) is 17.6 Å². The Kier molecular flexibility index (Phi) is 5.06. The van der Waals surface area contributed by atoms with E-state index in [4.69, 9.17) is 23.8 Å². The van der Waals surface area contributed by atoms with Gasteiger partial charge in [0.05, 0.1) is 0 Å². The summed E-state index contributed by atoms with van der Waals surface area (Å²) < 4.78 is 0. The molecule has 2 N–H and O–H groups in total. The van der Waals surface area contributed by atoms with Gasteiger partial charge in [-0.3, -0.25) is 0 Å². The number of anilines is 1. The van der Waals surface area contributed by atoms with Crippen molar-refractivity contribution in [2.24, 2.45) is 5.92 Å². The molecule has 0 bridgehead atoms. The fraction of sp³-hybridized carbons (Fsp3) is 0.533. The molecule has 2 nitrogen and oxygen atoms in total. The zero-order chi connectivity index (χ0) is 13.8. The third-order valence-electron chi connectivity index (χ3n) is 3.94. The second-order valence-corrected chi connectivity index (χ2v) is 6.19. The van der Waals surface area contributed by atoms with Crippen molar-refractivity contribution in [2.75, 3.05) is 5.32 Å². The summed E-state index contributed by atoms with van der Waals surface area (Å²) in [6.45, 7) is 4.29. The van der Waals surface area contributed by atoms with Crippen LogP contribution in [-0.2, 0) is 0 Å². The molecule has 1 aliphatic rings. The molecule has 1 aliphatic carbocycles. The molecule has 0 aromatic heterocycles. The maximum atomic E-state index is 6.11. The average Bonchev–Trinajstić information content (AvgIpc) is 2.38. The molecule has 104 valence electrons. The van der Waals surface area contributed by atoms with Crippen molar-refractivity contribution < 1.29 is 0 Å². The monoisotopic (exact) mass is 296 g/mol. The highest BCUT2D eigenvalue weighted by atomic mass is 35.5. The maximum absolute atomic E-state index is 6.11. The van der Waals surface area contributed by atoms with Crippen LogP contribution in [0.3, 0.4) is 0 Å². The number of halogens is 1. The summed E-state index contributed by atoms with van der Waals surface area (Å²) in [5.74, 6) is 0.689. The fourth-order valence-electron chi connectivity index (χ4n) is 2.60. The van der Waals surface area contributed by atoms with Crippen molar-refractivity contribution in [2.45, 2.75) is 45.6 Å². The fourth-order valence-corrected chi connectivity index (χ4v) is 3.04. The van der Waals surface area contributed by atoms with E-state index < -0.39 is 0 Å². The van der Waals surface area contributed by atoms with Crippen molar-refractivity contribution >= 4 is 34.6 Å². The van der Waals surface area contributed by atoms with E-state index in [1.807, 2.05) is 25.1 Å². The minimum Gasteiger partial charge on any atom is -0.359 e. The van der Waals surface area contributed by atoms with E-state index in [-0.39, 0.29) is 0 Å². The van der Waals surface area contributed by atoms with Crippen LogP contribution in [0.4, 0.5) is 5.69 Å². The number of benzene rings is 1. The van der Waals surface area contributed by atoms with Crippen LogP contribution < -0.4 is 10.6 Å². The molecule has 0 amide bonds. The van der Waals surface area contributed by atoms with Gasteiger partial charge in [0, 0.05) is 16.8 Å². The van der Waals surface area contributed by atoms with Gasteiger partial charge in [-0.1, -0.05) is 37.4 Å². The number of hydrogen-bond donors (Lipinski definition) is 2. The summed E-state index contributed by atoms with van der Waals surface area (Å²) in [6, 6.07) is 6.32. The van der Waals surface area contributed by atoms with Gasteiger partial charge in [0.25, 0.3) is 0 Å². The van der Waals surface area contributed by atoms with Crippen LogP contribution in [0.2, 0.25) is 5.02 Å². The van der Waals surface area contributed by atoms with Crippen LogP contribution in [0.25, 0.3) is 0 Å². The molecule has 1 fully saturated rings. The first-order valence-electron chi connectivity index (χ1n) is 6.90. The zero-order valence-corrected chi connectivity index (χ0v) is 13.1. The first-order chi connectivity index (χ1) is 9.08. The van der Waals surface area contributed by atoms with Gasteiger partial charge in [0.15, 0.2) is 5.11 Å². The molecule has 2 rings (SSSR count). The van der Waals surface area contributed by atoms with Crippen molar-refractivity contribution in [1.82, 2.24) is 5.32 Å². The molecule has 0 radical (unpaired) electrons. The van der Waals surface area contributed by atoms with E-state index in [0.29, 0.717) is 17.1 Å². The molecule has 0 spiro atoms. The van der Waals surface area contributed by atoms with E-state index in [1.165, 1.54) is 25.7 Å². The third kappa shape index (κ3) is 3.83. The standard InChI is InChI=1S/C15H21ClN2S/c1-10-6-3-4-8-13(10)17-15(19)18-14-9-5-7-12(16)11(14)2/h5,7,9-10,13H,3-4,6,8H2,1-2H3,(H2,17,18,19)/t10-,13+/m0/s1. The summed E-state index contributed by atoms with van der Waals surface area (Å²) in [7, 11) is 0. The Hall–Kier alpha value is -0.800. The predicted octanol–water partition coefficient (Wildman–Crippen LogP) is 4.51. The Labute approximate surface area is 125 Å². The molecule has 1 aromatic rings. The topological polar surface area (TPSA) is 24.1 Å². The van der Waals surface area contributed by atoms with E-state index in [9.17, 15) is 0 Å². The van der Waals surface area contributed by atoms with Crippen LogP contribution in [0.1, 0.15) is 38.2 Å². The quantitative estimate of drug-likeness (QED) is 0.785. The Bertz CT molecular complexity index is 461. The predicted molar refractivity (Wildman–Crippen MR) is 87.0 cm³/mol. The highest BCUT2D eigenvalue weighted by molar-refractivity contribution is 7.80. The summed E-state index contributed by atoms with van der Waals surface area (Å²) in [5.41, 5.74) is 2.01. The van der Waals surface area contributed by atoms with Gasteiger partial charge >= 0.3 is 0 Å². The van der Waals surface area contributed by atoms with Gasteiger partial charge in [0.2, 0.25) is 0 Å². The number of thiocarbonyl (C=S) groups is 1. The molecule has 19 heavy (non-hydrogen) atoms. The minimum atomic E-state index is 0.494. The molecule has 1 aromatic carbocycles. The Morgan fingerprint density at radius 1 is 1.32 bits per heavy atom. The average molecular weight is 297 g/mol. The highest BCUT2D eigenvalue weighted by Gasteiger charge is 2.21. The molecule has 2 atom stereocenters. The van der Waals surface area contributed by atoms with E-state index >= 15 is 0 Å². The third-order valence-corrected chi connectivity index (χ3v) is 4.57. The SMILES string of the molecule is Cc1c(Cl)cccc1NC(=S)N[C@@H]1CCCC[C@@H]1C. The van der Waals surface area contributed by atoms with Gasteiger partial charge in [-0.25, -0.2) is 0 Å². The summed E-state index contributed by atoms with van der Waals surface area (Å²) in [6.07, 6.45) is 5.13. The lowest BCUT2D eigenvalue weighted by atomic mass is 9.86. The molecule has 0 saturated heterocycles. The van der Waals surface area contributed by atoms with Crippen molar-refractivity contribution in [3.05, 3.63) is 28.8 Å². The zero-order valence-electron chi connectivity index (χ0n) is 11.5. The number of rotatable bonds is 2. The Morgan fingerprint density at radius 3 is 2.79 bits per heavy atom. The Morgan fingerprint density at radius 2 is 2.05 bits per heavy atom. The normalized spacial score (nSPS) is 22.9. The minimum absolute atomic E-state index is 0.494. The summed E-state index contributed by atoms with van der Waals surface area (Å²) >= 11 is 11.5. The molecule has 0 aliphatic heterocycles. The molecule has 4 heteroatoms. The first-order valence-corrected chi connectivity index (χ1v) is 7.69. The molecule has 1 saturated carbocycles. The van der Waals surface area contributed by atoms with Gasteiger partial charge in [-0.15, -0.1) is 0 Å². The first kappa shape index (κ1) is 14.6. The Balaban J connectivity index is 1.95. The van der Waals surface area contributed by atoms with Crippen LogP contribution in [0, 0.1) is 12.8 Å². The smallest absolute Gasteiger partial charge is 0.171 e. The lowest BCUT2D eigenvalue weighted by molar-refractivity contribution is 0.309. The van der Waals surface area contributed by atoms with Crippen LogP contribution >= 0.6 is 23.8 Å². The second-order valence-electron chi connectivity index (χ2n) is 5.38. The highest BCUT2D eigenvalue weighted by Crippen LogP contribution is 2.25. The van der Waals surface area contributed by atoms with Crippen molar-refractivity contribution in [1.29, 1.82) is 0 Å². The molecular formula is C15H21ClN2S. The van der Waals surface area contributed by atoms with Crippen molar-refractivity contribution in [3.63, 3.8) is 0 Å².